The number of nitrogens with zero attached hydrogens (tertiary/aromatic N) is 1. The van der Waals surface area contributed by atoms with E-state index >= 15 is 0 Å². The van der Waals surface area contributed by atoms with Crippen LogP contribution in [0.15, 0.2) is 36.4 Å². The van der Waals surface area contributed by atoms with Crippen molar-refractivity contribution in [3.05, 3.63) is 61.6 Å². The molecule has 0 radical (unpaired) electrons. The first-order valence-electron chi connectivity index (χ1n) is 5.83. The highest BCUT2D eigenvalue weighted by molar-refractivity contribution is 7.80. The van der Waals surface area contributed by atoms with Crippen LogP contribution < -0.4 is 10.6 Å². The highest BCUT2D eigenvalue weighted by Crippen LogP contribution is 2.27. The quantitative estimate of drug-likeness (QED) is 0.428. The van der Waals surface area contributed by atoms with Crippen LogP contribution in [0.25, 0.3) is 0 Å². The Bertz CT molecular complexity index is 735. The molecule has 2 aromatic rings. The molecule has 0 atom stereocenters. The molecule has 0 saturated heterocycles. The molecule has 2 rings (SSSR count). The molecule has 0 amide bonds. The van der Waals surface area contributed by atoms with E-state index in [-0.39, 0.29) is 15.8 Å². The van der Waals surface area contributed by atoms with Crippen molar-refractivity contribution in [3.63, 3.8) is 0 Å². The second-order valence-corrected chi connectivity index (χ2v) is 5.85. The van der Waals surface area contributed by atoms with Crippen molar-refractivity contribution in [2.45, 2.75) is 0 Å². The molecule has 0 aromatic heterocycles. The van der Waals surface area contributed by atoms with Gasteiger partial charge in [-0.3, -0.25) is 10.1 Å². The summed E-state index contributed by atoms with van der Waals surface area (Å²) >= 11 is 22.7. The van der Waals surface area contributed by atoms with Gasteiger partial charge in [0.25, 0.3) is 5.69 Å². The monoisotopic (exact) mass is 375 g/mol. The first-order chi connectivity index (χ1) is 10.3. The van der Waals surface area contributed by atoms with Crippen molar-refractivity contribution in [1.29, 1.82) is 0 Å². The van der Waals surface area contributed by atoms with Crippen LogP contribution in [0.2, 0.25) is 15.1 Å². The fraction of sp³-hybridized carbons (Fsp3) is 0. The summed E-state index contributed by atoms with van der Waals surface area (Å²) in [4.78, 5) is 10.3. The molecule has 0 spiro atoms. The van der Waals surface area contributed by atoms with Crippen molar-refractivity contribution in [1.82, 2.24) is 0 Å². The van der Waals surface area contributed by atoms with Crippen LogP contribution in [0.3, 0.4) is 0 Å². The van der Waals surface area contributed by atoms with E-state index in [4.69, 9.17) is 47.0 Å². The second-order valence-electron chi connectivity index (χ2n) is 4.16. The highest BCUT2D eigenvalue weighted by atomic mass is 35.5. The lowest BCUT2D eigenvalue weighted by atomic mass is 10.3. The molecule has 0 aliphatic carbocycles. The van der Waals surface area contributed by atoms with Gasteiger partial charge >= 0.3 is 0 Å². The van der Waals surface area contributed by atoms with Crippen LogP contribution >= 0.6 is 47.0 Å². The first kappa shape index (κ1) is 16.8. The van der Waals surface area contributed by atoms with Gasteiger partial charge in [0.15, 0.2) is 5.11 Å². The largest absolute Gasteiger partial charge is 0.332 e. The Labute approximate surface area is 146 Å². The van der Waals surface area contributed by atoms with Gasteiger partial charge in [0.2, 0.25) is 0 Å². The Hall–Kier alpha value is -1.60. The normalized spacial score (nSPS) is 10.1. The summed E-state index contributed by atoms with van der Waals surface area (Å²) in [5, 5.41) is 17.7. The lowest BCUT2D eigenvalue weighted by Gasteiger charge is -2.11. The molecule has 0 saturated carbocycles. The minimum absolute atomic E-state index is 0.0519. The number of hydrogen-bond acceptors (Lipinski definition) is 3. The predicted molar refractivity (Wildman–Crippen MR) is 94.4 cm³/mol. The summed E-state index contributed by atoms with van der Waals surface area (Å²) in [7, 11) is 0. The topological polar surface area (TPSA) is 67.2 Å². The molecule has 114 valence electrons. The van der Waals surface area contributed by atoms with Crippen molar-refractivity contribution >= 4 is 69.2 Å². The standard InChI is InChI=1S/C13H8Cl3N3O2S/c14-7-3-8(15)5-10(4-7)18-13(22)17-9-1-2-11(16)12(6-9)19(20)21/h1-6H,(H2,17,18,22). The number of thiocarbonyl (C=S) groups is 1. The minimum Gasteiger partial charge on any atom is -0.332 e. The van der Waals surface area contributed by atoms with Gasteiger partial charge in [-0.15, -0.1) is 0 Å². The minimum atomic E-state index is -0.569. The third kappa shape index (κ3) is 4.45. The Morgan fingerprint density at radius 1 is 1.00 bits per heavy atom. The van der Waals surface area contributed by atoms with E-state index in [0.29, 0.717) is 21.4 Å². The molecule has 5 nitrogen and oxygen atoms in total. The summed E-state index contributed by atoms with van der Waals surface area (Å²) in [6.07, 6.45) is 0. The van der Waals surface area contributed by atoms with Gasteiger partial charge in [-0.2, -0.15) is 0 Å². The Morgan fingerprint density at radius 3 is 2.18 bits per heavy atom. The molecule has 0 aliphatic heterocycles. The zero-order valence-electron chi connectivity index (χ0n) is 10.8. The van der Waals surface area contributed by atoms with E-state index in [1.54, 1.807) is 24.3 Å². The maximum Gasteiger partial charge on any atom is 0.289 e. The van der Waals surface area contributed by atoms with E-state index in [2.05, 4.69) is 10.6 Å². The lowest BCUT2D eigenvalue weighted by Crippen LogP contribution is -2.19. The van der Waals surface area contributed by atoms with Gasteiger partial charge in [0.05, 0.1) is 4.92 Å². The number of nitrogens with one attached hydrogen (secondary N) is 2. The molecule has 0 bridgehead atoms. The number of hydrogen-bond donors (Lipinski definition) is 2. The van der Waals surface area contributed by atoms with Crippen LogP contribution in [0.5, 0.6) is 0 Å². The zero-order valence-corrected chi connectivity index (χ0v) is 13.9. The number of halogens is 3. The summed E-state index contributed by atoms with van der Waals surface area (Å²) in [5.74, 6) is 0. The summed E-state index contributed by atoms with van der Waals surface area (Å²) in [5.41, 5.74) is 0.820. The van der Waals surface area contributed by atoms with Crippen LogP contribution in [-0.4, -0.2) is 10.0 Å². The van der Waals surface area contributed by atoms with Gasteiger partial charge in [0.1, 0.15) is 5.02 Å². The van der Waals surface area contributed by atoms with Gasteiger partial charge in [0, 0.05) is 27.5 Å². The smallest absolute Gasteiger partial charge is 0.289 e. The molecule has 2 N–H and O–H groups in total. The number of anilines is 2. The molecule has 0 fully saturated rings. The molecule has 2 aromatic carbocycles. The molecule has 0 unspecified atom stereocenters. The van der Waals surface area contributed by atoms with Gasteiger partial charge in [-0.1, -0.05) is 34.8 Å². The molecular formula is C13H8Cl3N3O2S. The predicted octanol–water partition coefficient (Wildman–Crippen LogP) is 5.36. The van der Waals surface area contributed by atoms with Gasteiger partial charge in [-0.05, 0) is 42.5 Å². The fourth-order valence-corrected chi connectivity index (χ4v) is 2.60. The van der Waals surface area contributed by atoms with Crippen molar-refractivity contribution in [3.8, 4) is 0 Å². The third-order valence-electron chi connectivity index (χ3n) is 2.52. The number of nitro groups is 1. The van der Waals surface area contributed by atoms with Crippen molar-refractivity contribution < 1.29 is 4.92 Å². The molecule has 0 aliphatic rings. The fourth-order valence-electron chi connectivity index (χ4n) is 1.65. The molecular weight excluding hydrogens is 369 g/mol. The molecule has 22 heavy (non-hydrogen) atoms. The van der Waals surface area contributed by atoms with E-state index in [1.807, 2.05) is 0 Å². The van der Waals surface area contributed by atoms with Gasteiger partial charge in [-0.25, -0.2) is 0 Å². The number of nitro benzene ring substituents is 1. The average molecular weight is 377 g/mol. The lowest BCUT2D eigenvalue weighted by molar-refractivity contribution is -0.384. The van der Waals surface area contributed by atoms with E-state index in [0.717, 1.165) is 0 Å². The van der Waals surface area contributed by atoms with Crippen LogP contribution in [0.4, 0.5) is 17.1 Å². The third-order valence-corrected chi connectivity index (χ3v) is 3.48. The molecule has 9 heteroatoms. The van der Waals surface area contributed by atoms with Crippen LogP contribution in [-0.2, 0) is 0 Å². The number of benzene rings is 2. The first-order valence-corrected chi connectivity index (χ1v) is 7.37. The van der Waals surface area contributed by atoms with Crippen molar-refractivity contribution in [2.24, 2.45) is 0 Å². The Kier molecular flexibility index (Phi) is 5.42. The Morgan fingerprint density at radius 2 is 1.59 bits per heavy atom. The average Bonchev–Trinajstić information content (AvgIpc) is 2.39. The number of rotatable bonds is 3. The van der Waals surface area contributed by atoms with Crippen molar-refractivity contribution in [2.75, 3.05) is 10.6 Å². The maximum atomic E-state index is 10.8. The van der Waals surface area contributed by atoms with E-state index < -0.39 is 4.92 Å². The van der Waals surface area contributed by atoms with E-state index in [1.165, 1.54) is 12.1 Å². The zero-order chi connectivity index (χ0) is 16.3. The summed E-state index contributed by atoms with van der Waals surface area (Å²) < 4.78 is 0. The Balaban J connectivity index is 2.12. The maximum absolute atomic E-state index is 10.8. The van der Waals surface area contributed by atoms with Crippen LogP contribution in [0.1, 0.15) is 0 Å². The molecule has 0 heterocycles. The van der Waals surface area contributed by atoms with Crippen LogP contribution in [0, 0.1) is 10.1 Å². The second kappa shape index (κ2) is 7.11. The summed E-state index contributed by atoms with van der Waals surface area (Å²) in [6.45, 7) is 0. The SMILES string of the molecule is O=[N+]([O-])c1cc(NC(=S)Nc2cc(Cl)cc(Cl)c2)ccc1Cl. The van der Waals surface area contributed by atoms with Gasteiger partial charge < -0.3 is 10.6 Å². The van der Waals surface area contributed by atoms with E-state index in [9.17, 15) is 10.1 Å². The highest BCUT2D eigenvalue weighted by Gasteiger charge is 2.13. The summed E-state index contributed by atoms with van der Waals surface area (Å²) in [6, 6.07) is 9.17.